The van der Waals surface area contributed by atoms with Gasteiger partial charge in [0.25, 0.3) is 0 Å². The van der Waals surface area contributed by atoms with E-state index in [1.807, 2.05) is 60.7 Å². The molecule has 38 heavy (non-hydrogen) atoms. The number of hydrogen-bond donors (Lipinski definition) is 1. The summed E-state index contributed by atoms with van der Waals surface area (Å²) >= 11 is 0. The maximum absolute atomic E-state index is 12.1. The van der Waals surface area contributed by atoms with Crippen molar-refractivity contribution < 1.29 is 14.6 Å². The van der Waals surface area contributed by atoms with Gasteiger partial charge in [0.15, 0.2) is 0 Å². The molecule has 1 aliphatic heterocycles. The van der Waals surface area contributed by atoms with Crippen molar-refractivity contribution in [1.82, 2.24) is 4.90 Å². The van der Waals surface area contributed by atoms with Gasteiger partial charge < -0.3 is 14.7 Å². The van der Waals surface area contributed by atoms with Crippen LogP contribution in [0.4, 0.5) is 0 Å². The van der Waals surface area contributed by atoms with Crippen LogP contribution in [-0.4, -0.2) is 35.6 Å². The average molecular weight is 514 g/mol. The van der Waals surface area contributed by atoms with Crippen LogP contribution in [0.1, 0.15) is 81.7 Å². The van der Waals surface area contributed by atoms with E-state index in [2.05, 4.69) is 49.9 Å². The van der Waals surface area contributed by atoms with E-state index in [0.29, 0.717) is 0 Å². The van der Waals surface area contributed by atoms with E-state index in [0.717, 1.165) is 62.0 Å². The second-order valence-electron chi connectivity index (χ2n) is 11.7. The summed E-state index contributed by atoms with van der Waals surface area (Å²) in [6, 6.07) is 28.7. The van der Waals surface area contributed by atoms with Crippen LogP contribution in [0.3, 0.4) is 0 Å². The summed E-state index contributed by atoms with van der Waals surface area (Å²) in [5, 5.41) is 12.1. The number of carbonyl (C=O) groups excluding carboxylic acids is 1. The van der Waals surface area contributed by atoms with Crippen LogP contribution in [0, 0.1) is 5.92 Å². The summed E-state index contributed by atoms with van der Waals surface area (Å²) in [5.74, 6) is -0.0875. The van der Waals surface area contributed by atoms with Crippen LogP contribution in [0.2, 0.25) is 0 Å². The Bertz CT molecular complexity index is 1100. The van der Waals surface area contributed by atoms with Crippen molar-refractivity contribution in [1.29, 1.82) is 0 Å². The van der Waals surface area contributed by atoms with Gasteiger partial charge in [-0.2, -0.15) is 0 Å². The normalized spacial score (nSPS) is 16.2. The third kappa shape index (κ3) is 6.73. The number of likely N-dealkylation sites (tertiary alicyclic amines) is 1. The van der Waals surface area contributed by atoms with Crippen LogP contribution < -0.4 is 0 Å². The first-order chi connectivity index (χ1) is 18.2. The number of aliphatic hydroxyl groups is 1. The summed E-state index contributed by atoms with van der Waals surface area (Å²) in [6.07, 6.45) is 3.39. The lowest BCUT2D eigenvalue weighted by Crippen LogP contribution is -2.44. The Labute approximate surface area is 228 Å². The van der Waals surface area contributed by atoms with Gasteiger partial charge in [-0.05, 0) is 78.9 Å². The zero-order valence-corrected chi connectivity index (χ0v) is 23.4. The lowest BCUT2D eigenvalue weighted by atomic mass is 9.72. The molecule has 1 saturated heterocycles. The predicted octanol–water partition coefficient (Wildman–Crippen LogP) is 7.02. The number of carbonyl (C=O) groups is 1. The topological polar surface area (TPSA) is 49.8 Å². The summed E-state index contributed by atoms with van der Waals surface area (Å²) in [6.45, 7) is 11.0. The minimum absolute atomic E-state index is 0.0920. The van der Waals surface area contributed by atoms with Crippen molar-refractivity contribution in [2.75, 3.05) is 19.6 Å². The van der Waals surface area contributed by atoms with Gasteiger partial charge in [0.05, 0.1) is 0 Å². The quantitative estimate of drug-likeness (QED) is 0.313. The SMILES string of the molecule is CC(=O)OC(CCCN1CCC(C(O)(c2ccccc2)c2ccccc2)CC1)c1ccc(C(C)(C)C)cc1. The average Bonchev–Trinajstić information content (AvgIpc) is 2.93. The molecule has 4 nitrogen and oxygen atoms in total. The minimum atomic E-state index is -0.992. The molecule has 1 heterocycles. The summed E-state index contributed by atoms with van der Waals surface area (Å²) in [5.41, 5.74) is 3.36. The molecule has 0 bridgehead atoms. The highest BCUT2D eigenvalue weighted by molar-refractivity contribution is 5.66. The van der Waals surface area contributed by atoms with E-state index < -0.39 is 5.60 Å². The van der Waals surface area contributed by atoms with Crippen LogP contribution in [-0.2, 0) is 20.5 Å². The molecule has 3 aromatic rings. The molecule has 3 aromatic carbocycles. The third-order valence-electron chi connectivity index (χ3n) is 8.00. The standard InChI is InChI=1S/C34H43NO3/c1-26(36)38-32(27-17-19-28(20-18-27)33(2,3)4)16-11-23-35-24-21-31(22-25-35)34(37,29-12-7-5-8-13-29)30-14-9-6-10-15-30/h5-10,12-15,17-20,31-32,37H,11,16,21-25H2,1-4H3. The highest BCUT2D eigenvalue weighted by atomic mass is 16.5. The molecule has 1 fully saturated rings. The minimum Gasteiger partial charge on any atom is -0.458 e. The van der Waals surface area contributed by atoms with Crippen LogP contribution in [0.5, 0.6) is 0 Å². The Kier molecular flexibility index (Phi) is 9.07. The Morgan fingerprint density at radius 2 is 1.39 bits per heavy atom. The summed E-state index contributed by atoms with van der Waals surface area (Å²) in [4.78, 5) is 14.3. The van der Waals surface area contributed by atoms with Crippen molar-refractivity contribution >= 4 is 5.97 Å². The molecular weight excluding hydrogens is 470 g/mol. The van der Waals surface area contributed by atoms with Gasteiger partial charge in [0.1, 0.15) is 11.7 Å². The smallest absolute Gasteiger partial charge is 0.303 e. The molecule has 0 amide bonds. The fourth-order valence-corrected chi connectivity index (χ4v) is 5.79. The van der Waals surface area contributed by atoms with E-state index in [1.165, 1.54) is 12.5 Å². The van der Waals surface area contributed by atoms with Crippen LogP contribution in [0.25, 0.3) is 0 Å². The molecule has 4 rings (SSSR count). The maximum Gasteiger partial charge on any atom is 0.303 e. The molecule has 0 radical (unpaired) electrons. The fraction of sp³-hybridized carbons (Fsp3) is 0.441. The highest BCUT2D eigenvalue weighted by Crippen LogP contribution is 2.42. The number of rotatable bonds is 9. The molecule has 1 N–H and O–H groups in total. The van der Waals surface area contributed by atoms with Crippen molar-refractivity contribution in [3.63, 3.8) is 0 Å². The number of piperidine rings is 1. The van der Waals surface area contributed by atoms with Gasteiger partial charge in [0.2, 0.25) is 0 Å². The predicted molar refractivity (Wildman–Crippen MR) is 154 cm³/mol. The van der Waals surface area contributed by atoms with Gasteiger partial charge >= 0.3 is 5.97 Å². The van der Waals surface area contributed by atoms with Gasteiger partial charge in [-0.25, -0.2) is 0 Å². The second-order valence-corrected chi connectivity index (χ2v) is 11.7. The molecular formula is C34H43NO3. The maximum atomic E-state index is 12.1. The lowest BCUT2D eigenvalue weighted by Gasteiger charge is -2.42. The van der Waals surface area contributed by atoms with Crippen molar-refractivity contribution in [3.05, 3.63) is 107 Å². The number of ether oxygens (including phenoxy) is 1. The zero-order chi connectivity index (χ0) is 27.2. The van der Waals surface area contributed by atoms with Gasteiger partial charge in [-0.1, -0.05) is 106 Å². The second kappa shape index (κ2) is 12.3. The molecule has 202 valence electrons. The first-order valence-electron chi connectivity index (χ1n) is 14.0. The van der Waals surface area contributed by atoms with Crippen LogP contribution in [0.15, 0.2) is 84.9 Å². The first kappa shape index (κ1) is 28.1. The number of nitrogens with zero attached hydrogens (tertiary/aromatic N) is 1. The monoisotopic (exact) mass is 513 g/mol. The van der Waals surface area contributed by atoms with E-state index in [-0.39, 0.29) is 23.4 Å². The molecule has 1 aliphatic rings. The Morgan fingerprint density at radius 3 is 1.87 bits per heavy atom. The van der Waals surface area contributed by atoms with Gasteiger partial charge in [-0.15, -0.1) is 0 Å². The summed E-state index contributed by atoms with van der Waals surface area (Å²) in [7, 11) is 0. The largest absolute Gasteiger partial charge is 0.458 e. The Hall–Kier alpha value is -2.95. The summed E-state index contributed by atoms with van der Waals surface area (Å²) < 4.78 is 5.72. The van der Waals surface area contributed by atoms with Gasteiger partial charge in [-0.3, -0.25) is 4.79 Å². The molecule has 1 unspecified atom stereocenters. The Morgan fingerprint density at radius 1 is 0.868 bits per heavy atom. The lowest BCUT2D eigenvalue weighted by molar-refractivity contribution is -0.147. The number of esters is 1. The Balaban J connectivity index is 1.36. The van der Waals surface area contributed by atoms with Crippen molar-refractivity contribution in [2.45, 2.75) is 70.5 Å². The van der Waals surface area contributed by atoms with Gasteiger partial charge in [0, 0.05) is 6.92 Å². The van der Waals surface area contributed by atoms with E-state index in [9.17, 15) is 9.90 Å². The van der Waals surface area contributed by atoms with E-state index >= 15 is 0 Å². The molecule has 4 heteroatoms. The van der Waals surface area contributed by atoms with Crippen molar-refractivity contribution in [2.24, 2.45) is 5.92 Å². The van der Waals surface area contributed by atoms with Crippen LogP contribution >= 0.6 is 0 Å². The van der Waals surface area contributed by atoms with E-state index in [4.69, 9.17) is 4.74 Å². The molecule has 0 saturated carbocycles. The first-order valence-corrected chi connectivity index (χ1v) is 14.0. The fourth-order valence-electron chi connectivity index (χ4n) is 5.79. The van der Waals surface area contributed by atoms with E-state index in [1.54, 1.807) is 0 Å². The zero-order valence-electron chi connectivity index (χ0n) is 23.4. The highest BCUT2D eigenvalue weighted by Gasteiger charge is 2.41. The molecule has 0 spiro atoms. The molecule has 1 atom stereocenters. The third-order valence-corrected chi connectivity index (χ3v) is 8.00. The molecule has 0 aromatic heterocycles. The van der Waals surface area contributed by atoms with Crippen molar-refractivity contribution in [3.8, 4) is 0 Å². The number of benzene rings is 3. The molecule has 0 aliphatic carbocycles. The number of hydrogen-bond acceptors (Lipinski definition) is 4.